The van der Waals surface area contributed by atoms with Crippen LogP contribution in [-0.4, -0.2) is 43.5 Å². The number of amides is 1. The Labute approximate surface area is 135 Å². The van der Waals surface area contributed by atoms with Gasteiger partial charge in [0, 0.05) is 19.6 Å². The van der Waals surface area contributed by atoms with E-state index in [4.69, 9.17) is 0 Å². The molecule has 1 aromatic heterocycles. The third-order valence-corrected chi connectivity index (χ3v) is 7.83. The molecule has 5 nitrogen and oxygen atoms in total. The lowest BCUT2D eigenvalue weighted by Gasteiger charge is -2.31. The van der Waals surface area contributed by atoms with E-state index in [2.05, 4.69) is 5.32 Å². The number of carbonyl (C=O) groups excluding carboxylic acids is 1. The van der Waals surface area contributed by atoms with Gasteiger partial charge in [-0.3, -0.25) is 4.79 Å². The van der Waals surface area contributed by atoms with Gasteiger partial charge in [-0.2, -0.15) is 0 Å². The zero-order valence-electron chi connectivity index (χ0n) is 12.7. The normalized spacial score (nSPS) is 21.0. The molecule has 1 amide bonds. The summed E-state index contributed by atoms with van der Waals surface area (Å²) in [5.41, 5.74) is 1.11. The molecule has 1 saturated heterocycles. The number of sulfonamides is 1. The van der Waals surface area contributed by atoms with Gasteiger partial charge in [0.15, 0.2) is 0 Å². The van der Waals surface area contributed by atoms with Gasteiger partial charge in [-0.15, -0.1) is 11.3 Å². The maximum absolute atomic E-state index is 12.2. The molecule has 1 aliphatic heterocycles. The van der Waals surface area contributed by atoms with E-state index in [9.17, 15) is 13.2 Å². The van der Waals surface area contributed by atoms with Crippen molar-refractivity contribution in [3.05, 3.63) is 21.9 Å². The second kappa shape index (κ2) is 6.29. The molecule has 1 N–H and O–H groups in total. The van der Waals surface area contributed by atoms with E-state index in [0.717, 1.165) is 36.1 Å². The van der Waals surface area contributed by atoms with Crippen LogP contribution in [-0.2, 0) is 10.0 Å². The van der Waals surface area contributed by atoms with E-state index in [1.807, 2.05) is 18.4 Å². The Balaban J connectivity index is 1.45. The average molecular weight is 342 g/mol. The summed E-state index contributed by atoms with van der Waals surface area (Å²) in [7, 11) is -3.04. The molecule has 0 atom stereocenters. The third kappa shape index (κ3) is 3.52. The zero-order chi connectivity index (χ0) is 15.7. The molecule has 7 heteroatoms. The molecule has 0 bridgehead atoms. The van der Waals surface area contributed by atoms with Gasteiger partial charge in [-0.1, -0.05) is 0 Å². The molecule has 22 heavy (non-hydrogen) atoms. The topological polar surface area (TPSA) is 66.5 Å². The van der Waals surface area contributed by atoms with Crippen molar-refractivity contribution in [2.75, 3.05) is 19.6 Å². The highest BCUT2D eigenvalue weighted by atomic mass is 32.2. The third-order valence-electron chi connectivity index (χ3n) is 4.38. The van der Waals surface area contributed by atoms with Crippen molar-refractivity contribution in [3.8, 4) is 0 Å². The summed E-state index contributed by atoms with van der Waals surface area (Å²) >= 11 is 1.46. The minimum atomic E-state index is -3.04. The first kappa shape index (κ1) is 16.0. The van der Waals surface area contributed by atoms with Crippen molar-refractivity contribution < 1.29 is 13.2 Å². The lowest BCUT2D eigenvalue weighted by atomic mass is 9.98. The van der Waals surface area contributed by atoms with Gasteiger partial charge in [0.2, 0.25) is 10.0 Å². The number of thiophene rings is 1. The van der Waals surface area contributed by atoms with Gasteiger partial charge in [-0.05, 0) is 55.5 Å². The first-order chi connectivity index (χ1) is 10.5. The van der Waals surface area contributed by atoms with E-state index in [0.29, 0.717) is 25.6 Å². The number of carbonyl (C=O) groups is 1. The molecule has 2 aliphatic rings. The van der Waals surface area contributed by atoms with Crippen LogP contribution in [0.3, 0.4) is 0 Å². The monoisotopic (exact) mass is 342 g/mol. The average Bonchev–Trinajstić information content (AvgIpc) is 3.28. The van der Waals surface area contributed by atoms with Crippen LogP contribution in [0.25, 0.3) is 0 Å². The summed E-state index contributed by atoms with van der Waals surface area (Å²) in [6, 6.07) is 1.89. The molecule has 2 heterocycles. The van der Waals surface area contributed by atoms with Gasteiger partial charge in [0.25, 0.3) is 5.91 Å². The Bertz CT molecular complexity index is 641. The SMILES string of the molecule is Cc1csc(C(=O)NCC2CCN(S(=O)(=O)C3CC3)CC2)c1. The summed E-state index contributed by atoms with van der Waals surface area (Å²) in [5, 5.41) is 4.82. The predicted molar refractivity (Wildman–Crippen MR) is 87.6 cm³/mol. The fourth-order valence-corrected chi connectivity index (χ4v) is 5.51. The van der Waals surface area contributed by atoms with E-state index in [1.165, 1.54) is 11.3 Å². The number of aryl methyl sites for hydroxylation is 1. The number of hydrogen-bond donors (Lipinski definition) is 1. The molecule has 0 unspecified atom stereocenters. The maximum atomic E-state index is 12.2. The Hall–Kier alpha value is -0.920. The summed E-state index contributed by atoms with van der Waals surface area (Å²) in [6.07, 6.45) is 3.29. The number of piperidine rings is 1. The van der Waals surface area contributed by atoms with Crippen molar-refractivity contribution in [1.29, 1.82) is 0 Å². The van der Waals surface area contributed by atoms with E-state index < -0.39 is 10.0 Å². The standard InChI is InChI=1S/C15H22N2O3S2/c1-11-8-14(21-10-11)15(18)16-9-12-4-6-17(7-5-12)22(19,20)13-2-3-13/h8,10,12-13H,2-7,9H2,1H3,(H,16,18). The second-order valence-corrected chi connectivity index (χ2v) is 9.41. The van der Waals surface area contributed by atoms with Crippen molar-refractivity contribution in [1.82, 2.24) is 9.62 Å². The summed E-state index contributed by atoms with van der Waals surface area (Å²) < 4.78 is 26.0. The minimum Gasteiger partial charge on any atom is -0.351 e. The van der Waals surface area contributed by atoms with Crippen molar-refractivity contribution in [2.24, 2.45) is 5.92 Å². The van der Waals surface area contributed by atoms with Gasteiger partial charge in [0.1, 0.15) is 0 Å². The molecule has 3 rings (SSSR count). The maximum Gasteiger partial charge on any atom is 0.261 e. The van der Waals surface area contributed by atoms with Crippen LogP contribution in [0.2, 0.25) is 0 Å². The van der Waals surface area contributed by atoms with Crippen molar-refractivity contribution in [2.45, 2.75) is 37.9 Å². The van der Waals surface area contributed by atoms with E-state index in [1.54, 1.807) is 4.31 Å². The fourth-order valence-electron chi connectivity index (χ4n) is 2.82. The van der Waals surface area contributed by atoms with E-state index in [-0.39, 0.29) is 11.2 Å². The van der Waals surface area contributed by atoms with Crippen LogP contribution >= 0.6 is 11.3 Å². The number of hydrogen-bond acceptors (Lipinski definition) is 4. The van der Waals surface area contributed by atoms with Gasteiger partial charge in [0.05, 0.1) is 10.1 Å². The van der Waals surface area contributed by atoms with Crippen LogP contribution in [0.5, 0.6) is 0 Å². The highest BCUT2D eigenvalue weighted by Gasteiger charge is 2.41. The van der Waals surface area contributed by atoms with Crippen molar-refractivity contribution >= 4 is 27.3 Å². The zero-order valence-corrected chi connectivity index (χ0v) is 14.4. The summed E-state index contributed by atoms with van der Waals surface area (Å²) in [6.45, 7) is 3.80. The van der Waals surface area contributed by atoms with Gasteiger partial charge in [-0.25, -0.2) is 12.7 Å². The first-order valence-electron chi connectivity index (χ1n) is 7.79. The van der Waals surface area contributed by atoms with Crippen LogP contribution in [0.15, 0.2) is 11.4 Å². The molecule has 1 aliphatic carbocycles. The molecule has 0 spiro atoms. The first-order valence-corrected chi connectivity index (χ1v) is 10.2. The molecule has 1 saturated carbocycles. The summed E-state index contributed by atoms with van der Waals surface area (Å²) in [4.78, 5) is 12.8. The highest BCUT2D eigenvalue weighted by molar-refractivity contribution is 7.90. The van der Waals surface area contributed by atoms with Gasteiger partial charge >= 0.3 is 0 Å². The van der Waals surface area contributed by atoms with E-state index >= 15 is 0 Å². The molecular weight excluding hydrogens is 320 g/mol. The number of nitrogens with zero attached hydrogens (tertiary/aromatic N) is 1. The molecule has 1 aromatic rings. The molecule has 122 valence electrons. The Kier molecular flexibility index (Phi) is 4.56. The molecular formula is C15H22N2O3S2. The number of rotatable bonds is 5. The Morgan fingerprint density at radius 2 is 2.00 bits per heavy atom. The lowest BCUT2D eigenvalue weighted by Crippen LogP contribution is -2.42. The minimum absolute atomic E-state index is 0.0221. The van der Waals surface area contributed by atoms with Crippen LogP contribution < -0.4 is 5.32 Å². The van der Waals surface area contributed by atoms with Gasteiger partial charge < -0.3 is 5.32 Å². The fraction of sp³-hybridized carbons (Fsp3) is 0.667. The Morgan fingerprint density at radius 3 is 2.55 bits per heavy atom. The largest absolute Gasteiger partial charge is 0.351 e. The Morgan fingerprint density at radius 1 is 1.32 bits per heavy atom. The van der Waals surface area contributed by atoms with Crippen LogP contribution in [0.4, 0.5) is 0 Å². The second-order valence-electron chi connectivity index (χ2n) is 6.29. The van der Waals surface area contributed by atoms with Crippen LogP contribution in [0, 0.1) is 12.8 Å². The van der Waals surface area contributed by atoms with Crippen molar-refractivity contribution in [3.63, 3.8) is 0 Å². The number of nitrogens with one attached hydrogen (secondary N) is 1. The van der Waals surface area contributed by atoms with Crippen LogP contribution in [0.1, 0.15) is 40.9 Å². The molecule has 0 aromatic carbocycles. The lowest BCUT2D eigenvalue weighted by molar-refractivity contribution is 0.0945. The quantitative estimate of drug-likeness (QED) is 0.890. The molecule has 2 fully saturated rings. The molecule has 0 radical (unpaired) electrons. The summed E-state index contributed by atoms with van der Waals surface area (Å²) in [5.74, 6) is 0.349. The highest BCUT2D eigenvalue weighted by Crippen LogP contribution is 2.33. The smallest absolute Gasteiger partial charge is 0.261 e. The predicted octanol–water partition coefficient (Wildman–Crippen LogP) is 1.99.